The molecule has 4 atom stereocenters. The summed E-state index contributed by atoms with van der Waals surface area (Å²) in [6, 6.07) is 0.662. The van der Waals surface area contributed by atoms with Crippen molar-refractivity contribution in [3.63, 3.8) is 0 Å². The second-order valence-electron chi connectivity index (χ2n) is 9.51. The Balaban J connectivity index is 1.48. The van der Waals surface area contributed by atoms with Crippen LogP contribution in [0.4, 0.5) is 0 Å². The lowest BCUT2D eigenvalue weighted by Gasteiger charge is -2.43. The first kappa shape index (κ1) is 17.7. The van der Waals surface area contributed by atoms with Crippen molar-refractivity contribution in [2.45, 2.75) is 90.4 Å². The Morgan fingerprint density at radius 1 is 1.13 bits per heavy atom. The van der Waals surface area contributed by atoms with Crippen molar-refractivity contribution in [1.29, 1.82) is 0 Å². The highest BCUT2D eigenvalue weighted by atomic mass is 16.5. The van der Waals surface area contributed by atoms with Crippen LogP contribution in [-0.4, -0.2) is 48.5 Å². The third kappa shape index (κ3) is 3.48. The minimum absolute atomic E-state index is 0.266. The predicted molar refractivity (Wildman–Crippen MR) is 94.5 cm³/mol. The summed E-state index contributed by atoms with van der Waals surface area (Å²) in [6.07, 6.45) is 10.6. The van der Waals surface area contributed by atoms with Gasteiger partial charge in [-0.1, -0.05) is 40.0 Å². The Morgan fingerprint density at radius 2 is 1.83 bits per heavy atom. The lowest BCUT2D eigenvalue weighted by molar-refractivity contribution is -0.114. The van der Waals surface area contributed by atoms with Gasteiger partial charge in [0.1, 0.15) is 0 Å². The number of aliphatic hydroxyl groups is 1. The van der Waals surface area contributed by atoms with Crippen LogP contribution in [0.3, 0.4) is 0 Å². The van der Waals surface area contributed by atoms with E-state index < -0.39 is 0 Å². The van der Waals surface area contributed by atoms with Crippen molar-refractivity contribution in [1.82, 2.24) is 4.90 Å². The lowest BCUT2D eigenvalue weighted by Crippen LogP contribution is -2.45. The number of rotatable bonds is 6. The van der Waals surface area contributed by atoms with Gasteiger partial charge in [0, 0.05) is 12.6 Å². The van der Waals surface area contributed by atoms with Crippen LogP contribution in [0.2, 0.25) is 0 Å². The first-order valence-electron chi connectivity index (χ1n) is 9.83. The summed E-state index contributed by atoms with van der Waals surface area (Å²) >= 11 is 0. The highest BCUT2D eigenvalue weighted by molar-refractivity contribution is 5.09. The Morgan fingerprint density at radius 3 is 2.43 bits per heavy atom. The zero-order chi connectivity index (χ0) is 16.7. The van der Waals surface area contributed by atoms with Gasteiger partial charge in [0.25, 0.3) is 0 Å². The molecule has 0 heterocycles. The van der Waals surface area contributed by atoms with Crippen LogP contribution in [0.25, 0.3) is 0 Å². The van der Waals surface area contributed by atoms with Crippen LogP contribution >= 0.6 is 0 Å². The van der Waals surface area contributed by atoms with E-state index in [2.05, 4.69) is 32.7 Å². The van der Waals surface area contributed by atoms with Crippen LogP contribution in [-0.2, 0) is 4.74 Å². The highest BCUT2D eigenvalue weighted by Crippen LogP contribution is 2.63. The van der Waals surface area contributed by atoms with E-state index in [0.29, 0.717) is 24.2 Å². The summed E-state index contributed by atoms with van der Waals surface area (Å²) in [5, 5.41) is 10.5. The van der Waals surface area contributed by atoms with E-state index in [9.17, 15) is 5.11 Å². The molecule has 3 rings (SSSR count). The van der Waals surface area contributed by atoms with E-state index in [1.165, 1.54) is 51.4 Å². The summed E-state index contributed by atoms with van der Waals surface area (Å²) < 4.78 is 6.33. The number of fused-ring (bicyclic) bond motifs is 2. The molecule has 0 amide bonds. The van der Waals surface area contributed by atoms with E-state index in [1.807, 2.05) is 0 Å². The molecule has 0 aromatic rings. The predicted octanol–water partition coefficient (Wildman–Crippen LogP) is 3.84. The standard InChI is InChI=1S/C20H37NO2/c1-19(2)15-10-11-20(3,12-15)18(19)23-14-17(22)13-21(4)16-8-6-5-7-9-16/h15-18,22H,5-14H2,1-4H3/t15-,17-,18-,20-/m1/s1. The molecule has 3 aliphatic carbocycles. The molecule has 0 radical (unpaired) electrons. The normalized spacial score (nSPS) is 38.3. The average molecular weight is 324 g/mol. The third-order valence-electron chi connectivity index (χ3n) is 7.29. The van der Waals surface area contributed by atoms with Crippen LogP contribution in [0.1, 0.15) is 72.1 Å². The zero-order valence-electron chi connectivity index (χ0n) is 15.7. The summed E-state index contributed by atoms with van der Waals surface area (Å²) in [6.45, 7) is 8.37. The summed E-state index contributed by atoms with van der Waals surface area (Å²) in [5.74, 6) is 0.805. The topological polar surface area (TPSA) is 32.7 Å². The molecule has 0 unspecified atom stereocenters. The van der Waals surface area contributed by atoms with Gasteiger partial charge in [0.2, 0.25) is 0 Å². The number of aliphatic hydroxyl groups excluding tert-OH is 1. The lowest BCUT2D eigenvalue weighted by atomic mass is 9.70. The number of hydrogen-bond donors (Lipinski definition) is 1. The molecular formula is C20H37NO2. The second-order valence-corrected chi connectivity index (χ2v) is 9.51. The Hall–Kier alpha value is -0.120. The molecule has 2 bridgehead atoms. The fourth-order valence-corrected chi connectivity index (χ4v) is 5.94. The fourth-order valence-electron chi connectivity index (χ4n) is 5.94. The molecule has 0 aromatic carbocycles. The molecule has 0 aliphatic heterocycles. The van der Waals surface area contributed by atoms with Crippen LogP contribution in [0.15, 0.2) is 0 Å². The van der Waals surface area contributed by atoms with Crippen molar-refractivity contribution in [3.05, 3.63) is 0 Å². The molecule has 3 nitrogen and oxygen atoms in total. The van der Waals surface area contributed by atoms with Crippen molar-refractivity contribution in [2.24, 2.45) is 16.7 Å². The molecule has 134 valence electrons. The zero-order valence-corrected chi connectivity index (χ0v) is 15.7. The number of hydrogen-bond acceptors (Lipinski definition) is 3. The van der Waals surface area contributed by atoms with Crippen molar-refractivity contribution in [2.75, 3.05) is 20.2 Å². The fraction of sp³-hybridized carbons (Fsp3) is 1.00. The number of ether oxygens (including phenoxy) is 1. The molecule has 3 heteroatoms. The van der Waals surface area contributed by atoms with Gasteiger partial charge in [0.15, 0.2) is 0 Å². The first-order valence-corrected chi connectivity index (χ1v) is 9.83. The molecular weight excluding hydrogens is 286 g/mol. The maximum absolute atomic E-state index is 10.5. The molecule has 0 aromatic heterocycles. The molecule has 1 N–H and O–H groups in total. The maximum Gasteiger partial charge on any atom is 0.0900 e. The smallest absolute Gasteiger partial charge is 0.0900 e. The van der Waals surface area contributed by atoms with Crippen LogP contribution in [0, 0.1) is 16.7 Å². The Kier molecular flexibility index (Phi) is 5.11. The van der Waals surface area contributed by atoms with Crippen LogP contribution in [0.5, 0.6) is 0 Å². The van der Waals surface area contributed by atoms with Gasteiger partial charge in [-0.25, -0.2) is 0 Å². The van der Waals surface area contributed by atoms with E-state index in [4.69, 9.17) is 4.74 Å². The monoisotopic (exact) mass is 323 g/mol. The van der Waals surface area contributed by atoms with Crippen LogP contribution < -0.4 is 0 Å². The summed E-state index contributed by atoms with van der Waals surface area (Å²) in [7, 11) is 2.17. The molecule has 3 fully saturated rings. The maximum atomic E-state index is 10.5. The molecule has 0 spiro atoms. The van der Waals surface area contributed by atoms with Crippen molar-refractivity contribution < 1.29 is 9.84 Å². The van der Waals surface area contributed by atoms with Crippen molar-refractivity contribution in [3.8, 4) is 0 Å². The molecule has 23 heavy (non-hydrogen) atoms. The van der Waals surface area contributed by atoms with Gasteiger partial charge < -0.3 is 14.7 Å². The van der Waals surface area contributed by atoms with Gasteiger partial charge >= 0.3 is 0 Å². The molecule has 3 aliphatic rings. The Labute approximate surface area is 142 Å². The summed E-state index contributed by atoms with van der Waals surface area (Å²) in [4.78, 5) is 2.36. The van der Waals surface area contributed by atoms with Crippen molar-refractivity contribution >= 4 is 0 Å². The minimum atomic E-state index is -0.361. The van der Waals surface area contributed by atoms with E-state index >= 15 is 0 Å². The number of likely N-dealkylation sites (N-methyl/N-ethyl adjacent to an activating group) is 1. The minimum Gasteiger partial charge on any atom is -0.389 e. The molecule has 3 saturated carbocycles. The van der Waals surface area contributed by atoms with Gasteiger partial charge in [-0.15, -0.1) is 0 Å². The average Bonchev–Trinajstić information content (AvgIpc) is 2.98. The second kappa shape index (κ2) is 6.65. The largest absolute Gasteiger partial charge is 0.389 e. The molecule has 0 saturated heterocycles. The van der Waals surface area contributed by atoms with Gasteiger partial charge in [-0.3, -0.25) is 0 Å². The number of nitrogens with zero attached hydrogens (tertiary/aromatic N) is 1. The summed E-state index contributed by atoms with van der Waals surface area (Å²) in [5.41, 5.74) is 0.602. The highest BCUT2D eigenvalue weighted by Gasteiger charge is 2.60. The quantitative estimate of drug-likeness (QED) is 0.806. The van der Waals surface area contributed by atoms with Gasteiger partial charge in [-0.05, 0) is 55.9 Å². The van der Waals surface area contributed by atoms with E-state index in [1.54, 1.807) is 0 Å². The van der Waals surface area contributed by atoms with E-state index in [0.717, 1.165) is 12.5 Å². The van der Waals surface area contributed by atoms with Gasteiger partial charge in [-0.2, -0.15) is 0 Å². The Bertz CT molecular complexity index is 400. The van der Waals surface area contributed by atoms with Gasteiger partial charge in [0.05, 0.1) is 18.8 Å². The SMILES string of the molecule is CN(C[C@@H](O)CO[C@@H]1C(C)(C)[C@@H]2CC[C@]1(C)C2)C1CCCCC1. The first-order chi connectivity index (χ1) is 10.8. The third-order valence-corrected chi connectivity index (χ3v) is 7.29. The van der Waals surface area contributed by atoms with E-state index in [-0.39, 0.29) is 11.5 Å².